The van der Waals surface area contributed by atoms with Gasteiger partial charge in [0.2, 0.25) is 0 Å². The normalized spacial score (nSPS) is 42.0. The molecule has 0 amide bonds. The van der Waals surface area contributed by atoms with Crippen molar-refractivity contribution in [2.75, 3.05) is 6.61 Å². The second-order valence-electron chi connectivity index (χ2n) is 5.16. The van der Waals surface area contributed by atoms with Crippen molar-refractivity contribution >= 4 is 11.9 Å². The van der Waals surface area contributed by atoms with Gasteiger partial charge >= 0.3 is 11.9 Å². The molecule has 0 radical (unpaired) electrons. The van der Waals surface area contributed by atoms with Crippen molar-refractivity contribution < 1.29 is 39.5 Å². The van der Waals surface area contributed by atoms with Gasteiger partial charge in [-0.1, -0.05) is 0 Å². The van der Waals surface area contributed by atoms with Gasteiger partial charge in [0.1, 0.15) is 24.4 Å². The van der Waals surface area contributed by atoms with Crippen LogP contribution in [0.2, 0.25) is 0 Å². The van der Waals surface area contributed by atoms with Gasteiger partial charge in [0, 0.05) is 12.8 Å². The highest BCUT2D eigenvalue weighted by Crippen LogP contribution is 2.40. The molecule has 0 unspecified atom stereocenters. The lowest BCUT2D eigenvalue weighted by Gasteiger charge is -2.33. The van der Waals surface area contributed by atoms with Crippen LogP contribution in [0.1, 0.15) is 12.8 Å². The van der Waals surface area contributed by atoms with E-state index in [9.17, 15) is 24.9 Å². The number of aliphatic hydroxyl groups is 2. The lowest BCUT2D eigenvalue weighted by molar-refractivity contribution is -0.197. The Hall–Kier alpha value is -1.26. The Kier molecular flexibility index (Phi) is 3.98. The lowest BCUT2D eigenvalue weighted by atomic mass is 9.89. The second-order valence-corrected chi connectivity index (χ2v) is 5.16. The summed E-state index contributed by atoms with van der Waals surface area (Å²) in [6.07, 6.45) is -4.76. The predicted molar refractivity (Wildman–Crippen MR) is 61.8 cm³/mol. The van der Waals surface area contributed by atoms with Gasteiger partial charge in [0.15, 0.2) is 5.60 Å². The van der Waals surface area contributed by atoms with E-state index in [1.165, 1.54) is 0 Å². The average Bonchev–Trinajstić information content (AvgIpc) is 2.74. The Morgan fingerprint density at radius 1 is 1.35 bits per heavy atom. The van der Waals surface area contributed by atoms with Crippen molar-refractivity contribution in [2.24, 2.45) is 5.73 Å². The predicted octanol–water partition coefficient (Wildman–Crippen LogP) is -2.48. The summed E-state index contributed by atoms with van der Waals surface area (Å²) in [4.78, 5) is 22.2. The Morgan fingerprint density at radius 2 is 2.00 bits per heavy atom. The zero-order valence-corrected chi connectivity index (χ0v) is 10.5. The summed E-state index contributed by atoms with van der Waals surface area (Å²) in [5.74, 6) is -2.71. The third-order valence-corrected chi connectivity index (χ3v) is 3.73. The summed E-state index contributed by atoms with van der Waals surface area (Å²) in [5.41, 5.74) is 3.54. The fourth-order valence-corrected chi connectivity index (χ4v) is 2.61. The zero-order valence-electron chi connectivity index (χ0n) is 10.5. The number of carboxylic acid groups (broad SMARTS) is 2. The Labute approximate surface area is 113 Å². The third kappa shape index (κ3) is 2.50. The summed E-state index contributed by atoms with van der Waals surface area (Å²) in [5, 5.41) is 37.4. The Bertz CT molecular complexity index is 415. The Morgan fingerprint density at radius 3 is 2.55 bits per heavy atom. The molecule has 0 bridgehead atoms. The van der Waals surface area contributed by atoms with Gasteiger partial charge in [-0.25, -0.2) is 4.79 Å². The number of rotatable bonds is 4. The Balaban J connectivity index is 2.20. The fourth-order valence-electron chi connectivity index (χ4n) is 2.61. The van der Waals surface area contributed by atoms with E-state index in [0.717, 1.165) is 0 Å². The molecule has 6 atom stereocenters. The molecule has 114 valence electrons. The molecular formula is C11H17NO8. The SMILES string of the molecule is N[C@@H](C[C@]1(C(=O)O)C[C@H]2OC[C@@H](O)[C@@H](O)[C@H]2O1)C(=O)O. The average molecular weight is 291 g/mol. The maximum Gasteiger partial charge on any atom is 0.336 e. The van der Waals surface area contributed by atoms with Crippen LogP contribution in [-0.4, -0.2) is 75.0 Å². The highest BCUT2D eigenvalue weighted by Gasteiger charge is 2.57. The summed E-state index contributed by atoms with van der Waals surface area (Å²) in [6, 6.07) is -1.41. The quantitative estimate of drug-likeness (QED) is 0.378. The summed E-state index contributed by atoms with van der Waals surface area (Å²) < 4.78 is 10.6. The number of hydrogen-bond donors (Lipinski definition) is 5. The van der Waals surface area contributed by atoms with Crippen molar-refractivity contribution in [3.8, 4) is 0 Å². The van der Waals surface area contributed by atoms with Crippen LogP contribution in [0.25, 0.3) is 0 Å². The van der Waals surface area contributed by atoms with E-state index >= 15 is 0 Å². The number of fused-ring (bicyclic) bond motifs is 1. The largest absolute Gasteiger partial charge is 0.480 e. The molecule has 0 aliphatic carbocycles. The monoisotopic (exact) mass is 291 g/mol. The highest BCUT2D eigenvalue weighted by atomic mass is 16.6. The number of aliphatic carboxylic acids is 2. The van der Waals surface area contributed by atoms with E-state index in [1.54, 1.807) is 0 Å². The smallest absolute Gasteiger partial charge is 0.336 e. The summed E-state index contributed by atoms with van der Waals surface area (Å²) in [6.45, 7) is -0.133. The van der Waals surface area contributed by atoms with Gasteiger partial charge in [0.05, 0.1) is 12.7 Å². The maximum atomic E-state index is 11.4. The minimum absolute atomic E-state index is 0.127. The van der Waals surface area contributed by atoms with Crippen molar-refractivity contribution in [3.63, 3.8) is 0 Å². The maximum absolute atomic E-state index is 11.4. The van der Waals surface area contributed by atoms with E-state index < -0.39 is 54.4 Å². The summed E-state index contributed by atoms with van der Waals surface area (Å²) in [7, 11) is 0. The number of ether oxygens (including phenoxy) is 2. The molecule has 0 aromatic rings. The lowest BCUT2D eigenvalue weighted by Crippen LogP contribution is -2.51. The van der Waals surface area contributed by atoms with E-state index in [-0.39, 0.29) is 13.0 Å². The number of aliphatic hydroxyl groups excluding tert-OH is 2. The van der Waals surface area contributed by atoms with E-state index in [2.05, 4.69) is 0 Å². The van der Waals surface area contributed by atoms with Crippen LogP contribution in [0, 0.1) is 0 Å². The third-order valence-electron chi connectivity index (χ3n) is 3.73. The molecule has 6 N–H and O–H groups in total. The molecule has 2 aliphatic heterocycles. The molecule has 20 heavy (non-hydrogen) atoms. The van der Waals surface area contributed by atoms with Crippen molar-refractivity contribution in [2.45, 2.75) is 48.9 Å². The van der Waals surface area contributed by atoms with Crippen LogP contribution in [0.3, 0.4) is 0 Å². The molecule has 2 aliphatic rings. The fraction of sp³-hybridized carbons (Fsp3) is 0.818. The molecule has 2 saturated heterocycles. The number of nitrogens with two attached hydrogens (primary N) is 1. The molecule has 2 fully saturated rings. The molecule has 9 nitrogen and oxygen atoms in total. The van der Waals surface area contributed by atoms with Gasteiger partial charge in [-0.05, 0) is 0 Å². The van der Waals surface area contributed by atoms with Gasteiger partial charge < -0.3 is 35.6 Å². The molecule has 0 aromatic carbocycles. The zero-order chi connectivity index (χ0) is 15.1. The molecule has 2 heterocycles. The topological polar surface area (TPSA) is 160 Å². The van der Waals surface area contributed by atoms with Gasteiger partial charge in [0.25, 0.3) is 0 Å². The second kappa shape index (κ2) is 5.26. The number of carboxylic acids is 2. The van der Waals surface area contributed by atoms with Crippen LogP contribution >= 0.6 is 0 Å². The first-order valence-corrected chi connectivity index (χ1v) is 6.14. The van der Waals surface area contributed by atoms with Crippen LogP contribution in [0.5, 0.6) is 0 Å². The first kappa shape index (κ1) is 15.1. The van der Waals surface area contributed by atoms with Crippen LogP contribution in [0.4, 0.5) is 0 Å². The number of carbonyl (C=O) groups is 2. The minimum atomic E-state index is -1.84. The highest BCUT2D eigenvalue weighted by molar-refractivity contribution is 5.80. The van der Waals surface area contributed by atoms with Crippen LogP contribution < -0.4 is 5.73 Å². The first-order chi connectivity index (χ1) is 9.27. The van der Waals surface area contributed by atoms with Gasteiger partial charge in [-0.3, -0.25) is 4.79 Å². The first-order valence-electron chi connectivity index (χ1n) is 6.14. The molecular weight excluding hydrogens is 274 g/mol. The van der Waals surface area contributed by atoms with Gasteiger partial charge in [-0.15, -0.1) is 0 Å². The molecule has 0 aromatic heterocycles. The van der Waals surface area contributed by atoms with Crippen molar-refractivity contribution in [1.82, 2.24) is 0 Å². The summed E-state index contributed by atoms with van der Waals surface area (Å²) >= 11 is 0. The van der Waals surface area contributed by atoms with E-state index in [4.69, 9.17) is 20.3 Å². The molecule has 0 saturated carbocycles. The van der Waals surface area contributed by atoms with Crippen molar-refractivity contribution in [3.05, 3.63) is 0 Å². The van der Waals surface area contributed by atoms with Crippen molar-refractivity contribution in [1.29, 1.82) is 0 Å². The van der Waals surface area contributed by atoms with Gasteiger partial charge in [-0.2, -0.15) is 0 Å². The standard InChI is InChI=1S/C11H17NO8/c12-4(9(15)16)1-11(10(17)18)2-6-8(20-11)7(14)5(13)3-19-6/h4-8,13-14H,1-3,12H2,(H,15,16)(H,17,18)/t4-,5+,6+,7+,8-,11+/m0/s1. The molecule has 9 heteroatoms. The molecule has 0 spiro atoms. The molecule has 2 rings (SSSR count). The van der Waals surface area contributed by atoms with Crippen LogP contribution in [-0.2, 0) is 19.1 Å². The van der Waals surface area contributed by atoms with E-state index in [1.807, 2.05) is 0 Å². The van der Waals surface area contributed by atoms with E-state index in [0.29, 0.717) is 0 Å². The minimum Gasteiger partial charge on any atom is -0.480 e. The van der Waals surface area contributed by atoms with Crippen LogP contribution in [0.15, 0.2) is 0 Å². The number of hydrogen-bond acceptors (Lipinski definition) is 7.